The van der Waals surface area contributed by atoms with Crippen molar-refractivity contribution in [1.29, 1.82) is 0 Å². The van der Waals surface area contributed by atoms with Crippen LogP contribution in [-0.4, -0.2) is 41.1 Å². The van der Waals surface area contributed by atoms with Gasteiger partial charge in [0.15, 0.2) is 5.13 Å². The Morgan fingerprint density at radius 3 is 3.06 bits per heavy atom. The van der Waals surface area contributed by atoms with E-state index in [1.807, 2.05) is 24.1 Å². The van der Waals surface area contributed by atoms with E-state index in [9.17, 15) is 4.79 Å². The van der Waals surface area contributed by atoms with Crippen molar-refractivity contribution in [3.8, 4) is 0 Å². The highest BCUT2D eigenvalue weighted by Crippen LogP contribution is 2.18. The van der Waals surface area contributed by atoms with Gasteiger partial charge in [-0.05, 0) is 13.8 Å². The summed E-state index contributed by atoms with van der Waals surface area (Å²) in [6.45, 7) is 5.87. The highest BCUT2D eigenvalue weighted by Gasteiger charge is 2.29. The number of hydrogen-bond acceptors (Lipinski definition) is 5. The summed E-state index contributed by atoms with van der Waals surface area (Å²) in [5.41, 5.74) is 6.04. The third-order valence-corrected chi connectivity index (χ3v) is 3.40. The standard InChI is InChI=1S/C11H17N3O2S/c1-11(2)7-14(3-4-16-11)9(15)5-8-6-17-10(12)13-8/h6H,3-5,7H2,1-2H3,(H2,12,13). The van der Waals surface area contributed by atoms with Crippen molar-refractivity contribution in [1.82, 2.24) is 9.88 Å². The monoisotopic (exact) mass is 255 g/mol. The summed E-state index contributed by atoms with van der Waals surface area (Å²) < 4.78 is 5.57. The first-order valence-electron chi connectivity index (χ1n) is 5.58. The lowest BCUT2D eigenvalue weighted by molar-refractivity contribution is -0.145. The third kappa shape index (κ3) is 3.17. The van der Waals surface area contributed by atoms with Gasteiger partial charge in [-0.3, -0.25) is 4.79 Å². The normalized spacial score (nSPS) is 19.3. The number of carbonyl (C=O) groups is 1. The maximum absolute atomic E-state index is 12.1. The Hall–Kier alpha value is -1.14. The minimum atomic E-state index is -0.255. The highest BCUT2D eigenvalue weighted by atomic mass is 32.1. The lowest BCUT2D eigenvalue weighted by Crippen LogP contribution is -2.51. The van der Waals surface area contributed by atoms with Crippen molar-refractivity contribution in [3.05, 3.63) is 11.1 Å². The van der Waals surface area contributed by atoms with Crippen LogP contribution in [0.3, 0.4) is 0 Å². The summed E-state index contributed by atoms with van der Waals surface area (Å²) in [5.74, 6) is 0.0895. The zero-order chi connectivity index (χ0) is 12.5. The molecular weight excluding hydrogens is 238 g/mol. The summed E-state index contributed by atoms with van der Waals surface area (Å²) in [5, 5.41) is 2.34. The van der Waals surface area contributed by atoms with Crippen molar-refractivity contribution in [2.75, 3.05) is 25.4 Å². The molecule has 2 heterocycles. The van der Waals surface area contributed by atoms with Crippen LogP contribution in [0.5, 0.6) is 0 Å². The van der Waals surface area contributed by atoms with E-state index in [1.165, 1.54) is 11.3 Å². The summed E-state index contributed by atoms with van der Waals surface area (Å²) in [6.07, 6.45) is 0.323. The number of rotatable bonds is 2. The summed E-state index contributed by atoms with van der Waals surface area (Å²) in [4.78, 5) is 18.0. The van der Waals surface area contributed by atoms with E-state index >= 15 is 0 Å². The first kappa shape index (κ1) is 12.3. The SMILES string of the molecule is CC1(C)CN(C(=O)Cc2csc(N)n2)CCO1. The Morgan fingerprint density at radius 1 is 1.71 bits per heavy atom. The average molecular weight is 255 g/mol. The molecule has 1 saturated heterocycles. The van der Waals surface area contributed by atoms with Crippen molar-refractivity contribution < 1.29 is 9.53 Å². The Bertz CT molecular complexity index is 417. The molecule has 2 N–H and O–H groups in total. The summed E-state index contributed by atoms with van der Waals surface area (Å²) >= 11 is 1.36. The number of nitrogens with zero attached hydrogens (tertiary/aromatic N) is 2. The molecular formula is C11H17N3O2S. The van der Waals surface area contributed by atoms with Crippen molar-refractivity contribution in [2.24, 2.45) is 0 Å². The molecule has 0 atom stereocenters. The van der Waals surface area contributed by atoms with Crippen molar-refractivity contribution in [2.45, 2.75) is 25.9 Å². The van der Waals surface area contributed by atoms with Crippen LogP contribution in [0.4, 0.5) is 5.13 Å². The van der Waals surface area contributed by atoms with Crippen molar-refractivity contribution >= 4 is 22.4 Å². The number of morpholine rings is 1. The van der Waals surface area contributed by atoms with Gasteiger partial charge >= 0.3 is 0 Å². The molecule has 6 heteroatoms. The highest BCUT2D eigenvalue weighted by molar-refractivity contribution is 7.13. The molecule has 0 aliphatic carbocycles. The molecule has 0 spiro atoms. The number of ether oxygens (including phenoxy) is 1. The Kier molecular flexibility index (Phi) is 3.35. The molecule has 1 aromatic rings. The van der Waals surface area contributed by atoms with Gasteiger partial charge in [0, 0.05) is 18.5 Å². The molecule has 1 fully saturated rings. The Balaban J connectivity index is 1.96. The van der Waals surface area contributed by atoms with Gasteiger partial charge in [0.05, 0.1) is 24.3 Å². The number of carbonyl (C=O) groups excluding carboxylic acids is 1. The molecule has 5 nitrogen and oxygen atoms in total. The van der Waals surface area contributed by atoms with Gasteiger partial charge in [-0.1, -0.05) is 0 Å². The topological polar surface area (TPSA) is 68.5 Å². The van der Waals surface area contributed by atoms with Gasteiger partial charge in [-0.2, -0.15) is 0 Å². The quantitative estimate of drug-likeness (QED) is 0.852. The molecule has 0 unspecified atom stereocenters. The number of hydrogen-bond donors (Lipinski definition) is 1. The van der Waals surface area contributed by atoms with E-state index < -0.39 is 0 Å². The molecule has 1 amide bonds. The molecule has 0 saturated carbocycles. The zero-order valence-corrected chi connectivity index (χ0v) is 10.9. The molecule has 1 aliphatic rings. The number of anilines is 1. The summed E-state index contributed by atoms with van der Waals surface area (Å²) in [7, 11) is 0. The van der Waals surface area contributed by atoms with Crippen LogP contribution in [0.2, 0.25) is 0 Å². The van der Waals surface area contributed by atoms with Gasteiger partial charge in [0.25, 0.3) is 0 Å². The molecule has 0 radical (unpaired) electrons. The van der Waals surface area contributed by atoms with Crippen LogP contribution >= 0.6 is 11.3 Å². The number of aromatic nitrogens is 1. The van der Waals surface area contributed by atoms with E-state index in [0.29, 0.717) is 31.2 Å². The predicted octanol–water partition coefficient (Wildman–Crippen LogP) is 0.905. The van der Waals surface area contributed by atoms with Crippen LogP contribution in [0.25, 0.3) is 0 Å². The predicted molar refractivity (Wildman–Crippen MR) is 66.8 cm³/mol. The lowest BCUT2D eigenvalue weighted by atomic mass is 10.1. The van der Waals surface area contributed by atoms with Gasteiger partial charge in [-0.25, -0.2) is 4.98 Å². The van der Waals surface area contributed by atoms with E-state index in [1.54, 1.807) is 0 Å². The maximum atomic E-state index is 12.1. The number of amides is 1. The second kappa shape index (κ2) is 4.62. The minimum Gasteiger partial charge on any atom is -0.375 e. The maximum Gasteiger partial charge on any atom is 0.228 e. The number of thiazole rings is 1. The lowest BCUT2D eigenvalue weighted by Gasteiger charge is -2.38. The molecule has 94 valence electrons. The first-order chi connectivity index (χ1) is 7.96. The van der Waals surface area contributed by atoms with Gasteiger partial charge in [0.1, 0.15) is 0 Å². The minimum absolute atomic E-state index is 0.0895. The largest absolute Gasteiger partial charge is 0.375 e. The fourth-order valence-corrected chi connectivity index (χ4v) is 2.46. The van der Waals surface area contributed by atoms with Gasteiger partial charge < -0.3 is 15.4 Å². The van der Waals surface area contributed by atoms with Crippen molar-refractivity contribution in [3.63, 3.8) is 0 Å². The number of nitrogens with two attached hydrogens (primary N) is 1. The third-order valence-electron chi connectivity index (χ3n) is 2.68. The van der Waals surface area contributed by atoms with Crippen LogP contribution in [0.15, 0.2) is 5.38 Å². The van der Waals surface area contributed by atoms with E-state index in [-0.39, 0.29) is 11.5 Å². The smallest absolute Gasteiger partial charge is 0.228 e. The molecule has 0 bridgehead atoms. The van der Waals surface area contributed by atoms with Gasteiger partial charge in [0.2, 0.25) is 5.91 Å². The second-order valence-corrected chi connectivity index (χ2v) is 5.67. The molecule has 1 aliphatic heterocycles. The molecule has 0 aromatic carbocycles. The van der Waals surface area contributed by atoms with Crippen LogP contribution in [-0.2, 0) is 16.0 Å². The first-order valence-corrected chi connectivity index (χ1v) is 6.46. The average Bonchev–Trinajstić information content (AvgIpc) is 2.62. The zero-order valence-electron chi connectivity index (χ0n) is 10.1. The summed E-state index contributed by atoms with van der Waals surface area (Å²) in [6, 6.07) is 0. The Morgan fingerprint density at radius 2 is 2.47 bits per heavy atom. The van der Waals surface area contributed by atoms with Crippen LogP contribution in [0, 0.1) is 0 Å². The fraction of sp³-hybridized carbons (Fsp3) is 0.636. The second-order valence-electron chi connectivity index (χ2n) is 4.78. The molecule has 17 heavy (non-hydrogen) atoms. The fourth-order valence-electron chi connectivity index (χ4n) is 1.90. The van der Waals surface area contributed by atoms with E-state index in [0.717, 1.165) is 5.69 Å². The van der Waals surface area contributed by atoms with E-state index in [2.05, 4.69) is 4.98 Å². The molecule has 1 aromatic heterocycles. The van der Waals surface area contributed by atoms with Gasteiger partial charge in [-0.15, -0.1) is 11.3 Å². The number of nitrogen functional groups attached to an aromatic ring is 1. The van der Waals surface area contributed by atoms with Crippen LogP contribution in [0.1, 0.15) is 19.5 Å². The molecule has 2 rings (SSSR count). The van der Waals surface area contributed by atoms with E-state index in [4.69, 9.17) is 10.5 Å². The Labute approximate surface area is 105 Å². The van der Waals surface area contributed by atoms with Crippen LogP contribution < -0.4 is 5.73 Å².